The maximum Gasteiger partial charge on any atom is 3.00 e. The van der Waals surface area contributed by atoms with Crippen LogP contribution < -0.4 is 10.2 Å². The fourth-order valence-electron chi connectivity index (χ4n) is 3.41. The van der Waals surface area contributed by atoms with Gasteiger partial charge in [0.2, 0.25) is 0 Å². The molecule has 0 aliphatic heterocycles. The fourth-order valence-corrected chi connectivity index (χ4v) is 3.41. The van der Waals surface area contributed by atoms with Crippen LogP contribution in [0.1, 0.15) is 46.4 Å². The number of carboxylic acid groups (broad SMARTS) is 2. The van der Waals surface area contributed by atoms with E-state index in [1.54, 1.807) is 0 Å². The third-order valence-corrected chi connectivity index (χ3v) is 5.30. The molecular formula is C29H30CoN5O6-2. The molecule has 6 N–H and O–H groups in total. The number of benzene rings is 4. The molecule has 4 atom stereocenters. The van der Waals surface area contributed by atoms with E-state index in [1.165, 1.54) is 0 Å². The van der Waals surface area contributed by atoms with Gasteiger partial charge in [-0.15, -0.1) is 24.2 Å². The summed E-state index contributed by atoms with van der Waals surface area (Å²) < 4.78 is 0. The van der Waals surface area contributed by atoms with Gasteiger partial charge in [-0.3, -0.25) is 0 Å². The Kier molecular flexibility index (Phi) is 18.4. The average Bonchev–Trinajstić information content (AvgIpc) is 2.97. The minimum absolute atomic E-state index is 0. The zero-order chi connectivity index (χ0) is 29.9. The number of carbonyl (C=O) groups excluding carboxylic acids is 1. The standard InChI is InChI=1S/2C14H14N2.CH2O3.Co.H2NO3/c2*15-13(11-7-3-1-4-8-11)14(16)12-9-5-2-6-10-12;2-1(3)4;;2-1(3)4/h2*1-10,13-16H;(H2,2,3,4);;(H2,2,3,4)/q2*-2;;+3;+1/p-2. The molecule has 0 aromatic heterocycles. The predicted octanol–water partition coefficient (Wildman–Crippen LogP) is 6.24. The Morgan fingerprint density at radius 2 is 0.634 bits per heavy atom. The molecule has 4 aromatic carbocycles. The van der Waals surface area contributed by atoms with Crippen molar-refractivity contribution in [3.05, 3.63) is 171 Å². The van der Waals surface area contributed by atoms with Gasteiger partial charge in [0, 0.05) is 0 Å². The summed E-state index contributed by atoms with van der Waals surface area (Å²) in [6.07, 6.45) is -2.33. The van der Waals surface area contributed by atoms with Gasteiger partial charge in [0.15, 0.2) is 0 Å². The number of hydrogen-bond acceptors (Lipinski definition) is 4. The molecular weight excluding hydrogens is 573 g/mol. The van der Waals surface area contributed by atoms with Crippen molar-refractivity contribution in [2.75, 3.05) is 0 Å². The van der Waals surface area contributed by atoms with E-state index in [9.17, 15) is 0 Å². The van der Waals surface area contributed by atoms with Crippen LogP contribution >= 0.6 is 0 Å². The van der Waals surface area contributed by atoms with Gasteiger partial charge in [-0.1, -0.05) is 144 Å². The molecule has 0 saturated carbocycles. The molecule has 0 aliphatic carbocycles. The molecule has 0 saturated heterocycles. The summed E-state index contributed by atoms with van der Waals surface area (Å²) in [6.45, 7) is 0. The van der Waals surface area contributed by atoms with Crippen molar-refractivity contribution in [3.8, 4) is 0 Å². The van der Waals surface area contributed by atoms with E-state index in [4.69, 9.17) is 53.3 Å². The summed E-state index contributed by atoms with van der Waals surface area (Å²) in [7, 11) is 0. The van der Waals surface area contributed by atoms with E-state index in [-0.39, 0.29) is 16.8 Å². The molecule has 0 fully saturated rings. The van der Waals surface area contributed by atoms with E-state index in [2.05, 4.69) is 0 Å². The topological polar surface area (TPSA) is 219 Å². The summed E-state index contributed by atoms with van der Waals surface area (Å²) >= 11 is 0. The first-order chi connectivity index (χ1) is 19.0. The average molecular weight is 604 g/mol. The first kappa shape index (κ1) is 36.7. The Morgan fingerprint density at radius 1 is 0.512 bits per heavy atom. The molecule has 218 valence electrons. The van der Waals surface area contributed by atoms with Crippen molar-refractivity contribution in [1.29, 1.82) is 0 Å². The first-order valence-electron chi connectivity index (χ1n) is 11.8. The van der Waals surface area contributed by atoms with Gasteiger partial charge in [-0.25, -0.2) is 10.4 Å². The van der Waals surface area contributed by atoms with Gasteiger partial charge < -0.3 is 37.9 Å². The van der Waals surface area contributed by atoms with Crippen molar-refractivity contribution in [1.82, 2.24) is 0 Å². The van der Waals surface area contributed by atoms with Gasteiger partial charge in [-0.2, -0.15) is 0 Å². The van der Waals surface area contributed by atoms with E-state index in [0.29, 0.717) is 0 Å². The zero-order valence-corrected chi connectivity index (χ0v) is 22.7. The van der Waals surface area contributed by atoms with Gasteiger partial charge in [0.05, 0.1) is 0 Å². The third-order valence-electron chi connectivity index (χ3n) is 5.30. The molecule has 0 amide bonds. The van der Waals surface area contributed by atoms with Gasteiger partial charge in [0.1, 0.15) is 4.91 Å². The summed E-state index contributed by atoms with van der Waals surface area (Å²) in [4.78, 5) is 16.8. The van der Waals surface area contributed by atoms with Crippen molar-refractivity contribution >= 4 is 6.16 Å². The van der Waals surface area contributed by atoms with Gasteiger partial charge >= 0.3 is 21.9 Å². The van der Waals surface area contributed by atoms with Crippen LogP contribution in [-0.4, -0.2) is 21.7 Å². The monoisotopic (exact) mass is 603 g/mol. The van der Waals surface area contributed by atoms with Gasteiger partial charge in [0.25, 0.3) is 0 Å². The van der Waals surface area contributed by atoms with E-state index in [0.717, 1.165) is 22.3 Å². The minimum atomic E-state index is -2.33. The molecule has 4 unspecified atom stereocenters. The molecule has 0 bridgehead atoms. The molecule has 0 spiro atoms. The molecule has 41 heavy (non-hydrogen) atoms. The van der Waals surface area contributed by atoms with Crippen LogP contribution in [0.2, 0.25) is 0 Å². The number of rotatable bonds is 6. The quantitative estimate of drug-likeness (QED) is 0.243. The van der Waals surface area contributed by atoms with Crippen molar-refractivity contribution in [2.24, 2.45) is 0 Å². The van der Waals surface area contributed by atoms with Crippen LogP contribution in [0.5, 0.6) is 0 Å². The Bertz CT molecular complexity index is 1050. The third kappa shape index (κ3) is 15.2. The molecule has 0 heterocycles. The van der Waals surface area contributed by atoms with E-state index >= 15 is 0 Å². The zero-order valence-electron chi connectivity index (χ0n) is 21.7. The normalized spacial score (nSPS) is 12.4. The summed E-state index contributed by atoms with van der Waals surface area (Å²) in [5.74, 6) is 0. The van der Waals surface area contributed by atoms with Crippen molar-refractivity contribution in [3.63, 3.8) is 0 Å². The molecule has 11 nitrogen and oxygen atoms in total. The smallest absolute Gasteiger partial charge is 0.672 e. The molecule has 4 aromatic rings. The van der Waals surface area contributed by atoms with Crippen LogP contribution in [0.15, 0.2) is 121 Å². The second-order valence-electron chi connectivity index (χ2n) is 8.06. The second kappa shape index (κ2) is 20.6. The summed E-state index contributed by atoms with van der Waals surface area (Å²) in [6, 6.07) is 36.1. The number of hydrogen-bond donors (Lipinski definition) is 2. The maximum atomic E-state index is 8.47. The first-order valence-corrected chi connectivity index (χ1v) is 11.8. The summed E-state index contributed by atoms with van der Waals surface area (Å²) in [5.41, 5.74) is 35.9. The van der Waals surface area contributed by atoms with Gasteiger partial charge in [-0.05, 0) is 6.16 Å². The van der Waals surface area contributed by atoms with Crippen molar-refractivity contribution < 1.29 is 47.3 Å². The predicted molar refractivity (Wildman–Crippen MR) is 147 cm³/mol. The number of carbonyl (C=O) groups is 1. The van der Waals surface area contributed by atoms with Crippen LogP contribution in [0, 0.1) is 4.91 Å². The minimum Gasteiger partial charge on any atom is -0.672 e. The Labute approximate surface area is 248 Å². The van der Waals surface area contributed by atoms with Crippen LogP contribution in [-0.2, 0) is 16.8 Å². The van der Waals surface area contributed by atoms with Crippen LogP contribution in [0.3, 0.4) is 0 Å². The number of nitrogens with one attached hydrogen (secondary N) is 4. The number of nitrogens with zero attached hydrogens (tertiary/aromatic N) is 1. The van der Waals surface area contributed by atoms with E-state index in [1.807, 2.05) is 121 Å². The van der Waals surface area contributed by atoms with E-state index < -0.39 is 35.4 Å². The molecule has 0 radical (unpaired) electrons. The maximum absolute atomic E-state index is 8.47. The molecule has 4 rings (SSSR count). The fraction of sp³-hybridized carbons (Fsp3) is 0.138. The second-order valence-corrected chi connectivity index (χ2v) is 8.06. The Hall–Kier alpha value is -4.30. The molecule has 12 heteroatoms. The Morgan fingerprint density at radius 3 is 0.756 bits per heavy atom. The summed E-state index contributed by atoms with van der Waals surface area (Å²) in [5, 5.41) is 29.2. The molecule has 0 aliphatic rings. The largest absolute Gasteiger partial charge is 3.00 e. The van der Waals surface area contributed by atoms with Crippen LogP contribution in [0.4, 0.5) is 4.79 Å². The van der Waals surface area contributed by atoms with Crippen LogP contribution in [0.25, 0.3) is 22.9 Å². The Balaban J connectivity index is 0.000000609. The SMILES string of the molecule is O=C([O-])[O-].O=[N+](O)O.[Co+3].[NH-]C(c1ccccc1)C([NH-])c1ccccc1.[NH-]C(c1ccccc1)C([NH-])c1ccccc1. The van der Waals surface area contributed by atoms with Crippen molar-refractivity contribution in [2.45, 2.75) is 24.2 Å².